The molecule has 0 aliphatic carbocycles. The number of carboxylic acids is 1. The molecule has 2 atom stereocenters. The Bertz CT molecular complexity index is 1690. The Morgan fingerprint density at radius 2 is 1.82 bits per heavy atom. The average Bonchev–Trinajstić information content (AvgIpc) is 2.87. The molecule has 0 spiro atoms. The summed E-state index contributed by atoms with van der Waals surface area (Å²) in [5, 5.41) is 43.3. The quantitative estimate of drug-likeness (QED) is 0.139. The number of nitriles is 1. The highest BCUT2D eigenvalue weighted by molar-refractivity contribution is 7.90. The second kappa shape index (κ2) is 11.8. The Hall–Kier alpha value is -5.06. The van der Waals surface area contributed by atoms with Gasteiger partial charge in [-0.25, -0.2) is 13.2 Å². The molecule has 1 aromatic heterocycles. The molecule has 2 unspecified atom stereocenters. The van der Waals surface area contributed by atoms with Gasteiger partial charge in [0.15, 0.2) is 0 Å². The topological polar surface area (TPSA) is 269 Å². The van der Waals surface area contributed by atoms with E-state index < -0.39 is 76.8 Å². The van der Waals surface area contributed by atoms with Crippen molar-refractivity contribution >= 4 is 44.1 Å². The maximum absolute atomic E-state index is 12.2. The normalized spacial score (nSPS) is 12.5. The lowest BCUT2D eigenvalue weighted by Gasteiger charge is -2.17. The van der Waals surface area contributed by atoms with E-state index in [0.717, 1.165) is 18.2 Å². The fraction of sp³-hybridized carbons (Fsp3) is 0.143. The smallest absolute Gasteiger partial charge is 0.373 e. The summed E-state index contributed by atoms with van der Waals surface area (Å²) >= 11 is -2.53. The molecule has 0 aliphatic rings. The number of hydrogen-bond acceptors (Lipinski definition) is 14. The molecule has 3 aromatic rings. The molecular weight excluding hydrogens is 576 g/mol. The summed E-state index contributed by atoms with van der Waals surface area (Å²) in [6, 6.07) is 7.77. The third-order valence-corrected chi connectivity index (χ3v) is 6.51. The van der Waals surface area contributed by atoms with Crippen molar-refractivity contribution in [2.24, 2.45) is 0 Å². The van der Waals surface area contributed by atoms with Gasteiger partial charge in [-0.05, 0) is 40.9 Å². The molecule has 0 saturated heterocycles. The number of sulfone groups is 1. The molecule has 19 heteroatoms. The molecule has 3 rings (SSSR count). The number of rotatable bonds is 11. The number of carboxylic acid groups (broad SMARTS) is 1. The molecule has 0 fully saturated rings. The Morgan fingerprint density at radius 1 is 1.18 bits per heavy atom. The van der Waals surface area contributed by atoms with Crippen LogP contribution < -0.4 is 10.1 Å². The molecule has 2 N–H and O–H groups in total. The highest BCUT2D eigenvalue weighted by Crippen LogP contribution is 2.37. The van der Waals surface area contributed by atoms with Crippen LogP contribution in [0.1, 0.15) is 11.1 Å². The number of hydrogen-bond donors (Lipinski definition) is 2. The van der Waals surface area contributed by atoms with E-state index >= 15 is 0 Å². The largest absolute Gasteiger partial charge is 0.768 e. The lowest BCUT2D eigenvalue weighted by Crippen LogP contribution is -2.32. The highest BCUT2D eigenvalue weighted by atomic mass is 32.2. The fourth-order valence-corrected chi connectivity index (χ4v) is 4.05. The third kappa shape index (κ3) is 6.87. The third-order valence-electron chi connectivity index (χ3n) is 5.01. The lowest BCUT2D eigenvalue weighted by atomic mass is 10.1. The predicted molar refractivity (Wildman–Crippen MR) is 132 cm³/mol. The SMILES string of the molecule is CS(=O)(=O)c1nc(NC(Cc2ccc(S(=O)[O-])cc2)C(=O)O)c([N+](=O)[O-])c(Oc2ccc(C#N)c([N+](=O)[O-])c2)n1. The second-order valence-electron chi connectivity index (χ2n) is 7.81. The van der Waals surface area contributed by atoms with Crippen LogP contribution in [-0.4, -0.2) is 60.4 Å². The van der Waals surface area contributed by atoms with Crippen molar-refractivity contribution in [3.05, 3.63) is 73.8 Å². The van der Waals surface area contributed by atoms with Crippen LogP contribution in [0.2, 0.25) is 0 Å². The van der Waals surface area contributed by atoms with Crippen molar-refractivity contribution in [3.8, 4) is 17.7 Å². The van der Waals surface area contributed by atoms with Crippen LogP contribution in [0.3, 0.4) is 0 Å². The lowest BCUT2D eigenvalue weighted by molar-refractivity contribution is -0.385. The Labute approximate surface area is 226 Å². The number of nitrogens with zero attached hydrogens (tertiary/aromatic N) is 5. The number of nitrogens with one attached hydrogen (secondary N) is 1. The van der Waals surface area contributed by atoms with Gasteiger partial charge in [0.1, 0.15) is 23.4 Å². The first-order valence-electron chi connectivity index (χ1n) is 10.5. The van der Waals surface area contributed by atoms with Gasteiger partial charge in [0.2, 0.25) is 15.7 Å². The van der Waals surface area contributed by atoms with Crippen molar-refractivity contribution < 1.29 is 41.7 Å². The van der Waals surface area contributed by atoms with Crippen molar-refractivity contribution in [2.45, 2.75) is 22.5 Å². The van der Waals surface area contributed by atoms with Gasteiger partial charge >= 0.3 is 17.5 Å². The van der Waals surface area contributed by atoms with Crippen LogP contribution in [0.25, 0.3) is 0 Å². The van der Waals surface area contributed by atoms with Gasteiger partial charge in [0, 0.05) is 17.6 Å². The zero-order valence-corrected chi connectivity index (χ0v) is 21.5. The Kier molecular flexibility index (Phi) is 8.68. The second-order valence-corrected chi connectivity index (χ2v) is 10.7. The van der Waals surface area contributed by atoms with E-state index in [4.69, 9.17) is 10.00 Å². The van der Waals surface area contributed by atoms with Crippen molar-refractivity contribution in [1.29, 1.82) is 5.26 Å². The van der Waals surface area contributed by atoms with E-state index in [0.29, 0.717) is 11.8 Å². The van der Waals surface area contributed by atoms with Crippen LogP contribution in [0, 0.1) is 31.6 Å². The first kappa shape index (κ1) is 29.5. The Morgan fingerprint density at radius 3 is 2.33 bits per heavy atom. The minimum Gasteiger partial charge on any atom is -0.768 e. The van der Waals surface area contributed by atoms with Gasteiger partial charge in [0.05, 0.1) is 15.9 Å². The van der Waals surface area contributed by atoms with Crippen LogP contribution in [-0.2, 0) is 32.1 Å². The monoisotopic (exact) mass is 591 g/mol. The van der Waals surface area contributed by atoms with Crippen LogP contribution >= 0.6 is 0 Å². The van der Waals surface area contributed by atoms with Gasteiger partial charge in [-0.3, -0.25) is 24.4 Å². The molecular formula is C21H15N6O11S2-. The minimum atomic E-state index is -4.26. The van der Waals surface area contributed by atoms with Crippen molar-refractivity contribution in [1.82, 2.24) is 9.97 Å². The molecule has 0 amide bonds. The average molecular weight is 592 g/mol. The van der Waals surface area contributed by atoms with Crippen LogP contribution in [0.4, 0.5) is 17.2 Å². The van der Waals surface area contributed by atoms with Gasteiger partial charge < -0.3 is 19.7 Å². The maximum atomic E-state index is 12.2. The van der Waals surface area contributed by atoms with Crippen molar-refractivity contribution in [3.63, 3.8) is 0 Å². The molecule has 17 nitrogen and oxygen atoms in total. The predicted octanol–water partition coefficient (Wildman–Crippen LogP) is 1.71. The minimum absolute atomic E-state index is 0.0716. The zero-order chi connectivity index (χ0) is 29.8. The molecule has 1 heterocycles. The molecule has 0 saturated carbocycles. The van der Waals surface area contributed by atoms with E-state index in [1.807, 2.05) is 0 Å². The van der Waals surface area contributed by atoms with Gasteiger partial charge in [0.25, 0.3) is 10.8 Å². The summed E-state index contributed by atoms with van der Waals surface area (Å²) < 4.78 is 51.9. The Balaban J connectivity index is 2.11. The molecule has 0 radical (unpaired) electrons. The summed E-state index contributed by atoms with van der Waals surface area (Å²) in [6.45, 7) is 0. The number of benzene rings is 2. The first-order chi connectivity index (χ1) is 18.7. The summed E-state index contributed by atoms with van der Waals surface area (Å²) in [6.07, 6.45) is 0.318. The van der Waals surface area contributed by atoms with Crippen LogP contribution in [0.15, 0.2) is 52.5 Å². The summed E-state index contributed by atoms with van der Waals surface area (Å²) in [5.41, 5.74) is -1.86. The zero-order valence-electron chi connectivity index (χ0n) is 19.9. The van der Waals surface area contributed by atoms with E-state index in [2.05, 4.69) is 15.3 Å². The molecule has 40 heavy (non-hydrogen) atoms. The molecule has 2 aromatic carbocycles. The molecule has 0 bridgehead atoms. The number of nitro benzene ring substituents is 1. The van der Waals surface area contributed by atoms with Gasteiger partial charge in [-0.1, -0.05) is 12.1 Å². The summed E-state index contributed by atoms with van der Waals surface area (Å²) in [4.78, 5) is 40.3. The molecule has 208 valence electrons. The number of aliphatic carboxylic acids is 1. The number of aromatic nitrogens is 2. The highest BCUT2D eigenvalue weighted by Gasteiger charge is 2.33. The van der Waals surface area contributed by atoms with Gasteiger partial charge in [-0.15, -0.1) is 0 Å². The number of anilines is 1. The van der Waals surface area contributed by atoms with E-state index in [1.54, 1.807) is 6.07 Å². The molecule has 0 aliphatic heterocycles. The maximum Gasteiger partial charge on any atom is 0.373 e. The number of nitro groups is 2. The van der Waals surface area contributed by atoms with Crippen molar-refractivity contribution in [2.75, 3.05) is 11.6 Å². The summed E-state index contributed by atoms with van der Waals surface area (Å²) in [7, 11) is -4.26. The van der Waals surface area contributed by atoms with Gasteiger partial charge in [-0.2, -0.15) is 15.2 Å². The fourth-order valence-electron chi connectivity index (χ4n) is 3.19. The number of ether oxygens (including phenoxy) is 1. The van der Waals surface area contributed by atoms with E-state index in [1.165, 1.54) is 24.3 Å². The van der Waals surface area contributed by atoms with E-state index in [-0.39, 0.29) is 16.9 Å². The summed E-state index contributed by atoms with van der Waals surface area (Å²) in [5.74, 6) is -3.81. The first-order valence-corrected chi connectivity index (χ1v) is 13.5. The van der Waals surface area contributed by atoms with E-state index in [9.17, 15) is 47.3 Å². The van der Waals surface area contributed by atoms with Crippen LogP contribution in [0.5, 0.6) is 11.6 Å². The standard InChI is InChI=1S/C21H16N6O11S2/c1-40(36,37)21-24-18(23-15(20(28)29)8-11-2-6-14(7-3-11)39(34)35)17(27(32)33)19(25-21)38-13-5-4-12(10-22)16(9-13)26(30)31/h2-7,9,15H,8H2,1H3,(H,28,29)(H,34,35)(H,23,24,25)/p-1. The number of carbonyl (C=O) groups is 1.